The molecule has 2 rings (SSSR count). The number of rotatable bonds is 4. The van der Waals surface area contributed by atoms with Gasteiger partial charge in [0, 0.05) is 38.1 Å². The van der Waals surface area contributed by atoms with Gasteiger partial charge in [-0.1, -0.05) is 17.7 Å². The van der Waals surface area contributed by atoms with E-state index in [1.807, 2.05) is 32.3 Å². The van der Waals surface area contributed by atoms with Crippen LogP contribution in [0.1, 0.15) is 16.8 Å². The smallest absolute Gasteiger partial charge is 0.131 e. The van der Waals surface area contributed by atoms with Crippen LogP contribution in [-0.2, 0) is 20.1 Å². The quantitative estimate of drug-likeness (QED) is 0.903. The zero-order valence-corrected chi connectivity index (χ0v) is 10.7. The lowest BCUT2D eigenvalue weighted by Crippen LogP contribution is -2.13. The van der Waals surface area contributed by atoms with Crippen LogP contribution in [0.25, 0.3) is 0 Å². The number of hydrogen-bond donors (Lipinski definition) is 1. The van der Waals surface area contributed by atoms with Gasteiger partial charge < -0.3 is 5.32 Å². The minimum Gasteiger partial charge on any atom is -0.308 e. The molecule has 5 heteroatoms. The largest absolute Gasteiger partial charge is 0.308 e. The van der Waals surface area contributed by atoms with Gasteiger partial charge in [-0.05, 0) is 18.6 Å². The molecule has 2 aromatic rings. The van der Waals surface area contributed by atoms with Crippen molar-refractivity contribution in [2.75, 3.05) is 0 Å². The number of halogens is 1. The molecule has 0 spiro atoms. The van der Waals surface area contributed by atoms with Crippen LogP contribution in [0.4, 0.5) is 0 Å². The summed E-state index contributed by atoms with van der Waals surface area (Å²) in [4.78, 5) is 4.07. The summed E-state index contributed by atoms with van der Waals surface area (Å²) < 4.78 is 1.69. The Kier molecular flexibility index (Phi) is 3.76. The fraction of sp³-hybridized carbons (Fsp3) is 0.333. The van der Waals surface area contributed by atoms with Gasteiger partial charge in [0.25, 0.3) is 0 Å². The average molecular weight is 251 g/mol. The van der Waals surface area contributed by atoms with Crippen molar-refractivity contribution in [1.29, 1.82) is 0 Å². The summed E-state index contributed by atoms with van der Waals surface area (Å²) in [6, 6.07) is 3.97. The van der Waals surface area contributed by atoms with Crippen molar-refractivity contribution in [2.45, 2.75) is 20.0 Å². The van der Waals surface area contributed by atoms with Crippen molar-refractivity contribution < 1.29 is 0 Å². The maximum atomic E-state index is 6.14. The van der Waals surface area contributed by atoms with E-state index in [4.69, 9.17) is 11.6 Å². The highest BCUT2D eigenvalue weighted by molar-refractivity contribution is 6.30. The van der Waals surface area contributed by atoms with Gasteiger partial charge in [0.1, 0.15) is 5.15 Å². The molecule has 0 aliphatic rings. The van der Waals surface area contributed by atoms with Crippen molar-refractivity contribution in [3.05, 3.63) is 46.5 Å². The number of aryl methyl sites for hydroxylation is 2. The maximum Gasteiger partial charge on any atom is 0.131 e. The number of nitrogens with one attached hydrogen (secondary N) is 1. The predicted molar refractivity (Wildman–Crippen MR) is 67.7 cm³/mol. The normalized spacial score (nSPS) is 10.8. The molecular formula is C12H15ClN4. The molecule has 0 bridgehead atoms. The third kappa shape index (κ3) is 2.84. The van der Waals surface area contributed by atoms with E-state index in [-0.39, 0.29) is 0 Å². The fourth-order valence-corrected chi connectivity index (χ4v) is 1.95. The Morgan fingerprint density at radius 2 is 2.24 bits per heavy atom. The van der Waals surface area contributed by atoms with Crippen LogP contribution >= 0.6 is 11.6 Å². The SMILES string of the molecule is Cc1nn(C)c(Cl)c1CNCc1cccnc1. The van der Waals surface area contributed by atoms with Gasteiger partial charge in [0.05, 0.1) is 5.69 Å². The van der Waals surface area contributed by atoms with Crippen LogP contribution < -0.4 is 5.32 Å². The van der Waals surface area contributed by atoms with E-state index < -0.39 is 0 Å². The number of pyridine rings is 1. The maximum absolute atomic E-state index is 6.14. The number of nitrogens with zero attached hydrogens (tertiary/aromatic N) is 3. The van der Waals surface area contributed by atoms with Gasteiger partial charge in [0.15, 0.2) is 0 Å². The van der Waals surface area contributed by atoms with Crippen LogP contribution in [0.15, 0.2) is 24.5 Å². The van der Waals surface area contributed by atoms with Crippen LogP contribution in [0.3, 0.4) is 0 Å². The lowest BCUT2D eigenvalue weighted by atomic mass is 10.2. The van der Waals surface area contributed by atoms with Crippen molar-refractivity contribution in [3.8, 4) is 0 Å². The van der Waals surface area contributed by atoms with Crippen molar-refractivity contribution in [2.24, 2.45) is 7.05 Å². The predicted octanol–water partition coefficient (Wildman–Crippen LogP) is 2.07. The molecule has 0 radical (unpaired) electrons. The molecule has 0 aromatic carbocycles. The molecule has 2 heterocycles. The molecule has 0 aliphatic heterocycles. The highest BCUT2D eigenvalue weighted by Gasteiger charge is 2.10. The molecule has 0 unspecified atom stereocenters. The molecule has 0 aliphatic carbocycles. The third-order valence-corrected chi connectivity index (χ3v) is 3.10. The summed E-state index contributed by atoms with van der Waals surface area (Å²) in [5.74, 6) is 0. The van der Waals surface area contributed by atoms with Gasteiger partial charge in [-0.15, -0.1) is 0 Å². The Bertz CT molecular complexity index is 493. The topological polar surface area (TPSA) is 42.7 Å². The van der Waals surface area contributed by atoms with Gasteiger partial charge in [-0.25, -0.2) is 0 Å². The molecule has 17 heavy (non-hydrogen) atoms. The molecule has 0 amide bonds. The lowest BCUT2D eigenvalue weighted by molar-refractivity contribution is 0.688. The minimum atomic E-state index is 0.696. The zero-order valence-electron chi connectivity index (χ0n) is 9.94. The van der Waals surface area contributed by atoms with E-state index in [0.717, 1.165) is 23.4 Å². The molecule has 4 nitrogen and oxygen atoms in total. The summed E-state index contributed by atoms with van der Waals surface area (Å²) in [6.07, 6.45) is 3.62. The van der Waals surface area contributed by atoms with Gasteiger partial charge in [-0.3, -0.25) is 9.67 Å². The zero-order chi connectivity index (χ0) is 12.3. The molecule has 2 aromatic heterocycles. The summed E-state index contributed by atoms with van der Waals surface area (Å²) >= 11 is 6.14. The molecule has 0 saturated carbocycles. The van der Waals surface area contributed by atoms with Crippen LogP contribution in [0, 0.1) is 6.92 Å². The second-order valence-corrected chi connectivity index (χ2v) is 4.30. The first kappa shape index (κ1) is 12.1. The Labute approximate surface area is 106 Å². The Morgan fingerprint density at radius 3 is 2.82 bits per heavy atom. The van der Waals surface area contributed by atoms with E-state index in [2.05, 4.69) is 15.4 Å². The van der Waals surface area contributed by atoms with Crippen molar-refractivity contribution >= 4 is 11.6 Å². The van der Waals surface area contributed by atoms with Crippen LogP contribution in [-0.4, -0.2) is 14.8 Å². The first-order chi connectivity index (χ1) is 8.18. The fourth-order valence-electron chi connectivity index (χ4n) is 1.71. The van der Waals surface area contributed by atoms with Gasteiger partial charge in [-0.2, -0.15) is 5.10 Å². The van der Waals surface area contributed by atoms with Gasteiger partial charge in [0.2, 0.25) is 0 Å². The minimum absolute atomic E-state index is 0.696. The lowest BCUT2D eigenvalue weighted by Gasteiger charge is -2.04. The van der Waals surface area contributed by atoms with Crippen LogP contribution in [0.5, 0.6) is 0 Å². The Hall–Kier alpha value is -1.39. The van der Waals surface area contributed by atoms with E-state index in [0.29, 0.717) is 11.7 Å². The standard InChI is InChI=1S/C12H15ClN4/c1-9-11(12(13)17(2)16-9)8-15-7-10-4-3-5-14-6-10/h3-6,15H,7-8H2,1-2H3. The second-order valence-electron chi connectivity index (χ2n) is 3.94. The summed E-state index contributed by atoms with van der Waals surface area (Å²) in [5.41, 5.74) is 3.18. The van der Waals surface area contributed by atoms with Crippen molar-refractivity contribution in [1.82, 2.24) is 20.1 Å². The van der Waals surface area contributed by atoms with Crippen molar-refractivity contribution in [3.63, 3.8) is 0 Å². The Balaban J connectivity index is 1.95. The van der Waals surface area contributed by atoms with E-state index >= 15 is 0 Å². The summed E-state index contributed by atoms with van der Waals surface area (Å²) in [7, 11) is 1.85. The molecule has 0 atom stereocenters. The van der Waals surface area contributed by atoms with E-state index in [9.17, 15) is 0 Å². The molecule has 0 saturated heterocycles. The van der Waals surface area contributed by atoms with E-state index in [1.165, 1.54) is 0 Å². The molecular weight excluding hydrogens is 236 g/mol. The number of aromatic nitrogens is 3. The highest BCUT2D eigenvalue weighted by atomic mass is 35.5. The number of hydrogen-bond acceptors (Lipinski definition) is 3. The third-order valence-electron chi connectivity index (χ3n) is 2.62. The van der Waals surface area contributed by atoms with E-state index in [1.54, 1.807) is 10.9 Å². The molecule has 0 fully saturated rings. The highest BCUT2D eigenvalue weighted by Crippen LogP contribution is 2.18. The average Bonchev–Trinajstić information content (AvgIpc) is 2.57. The first-order valence-electron chi connectivity index (χ1n) is 5.46. The van der Waals surface area contributed by atoms with Gasteiger partial charge >= 0.3 is 0 Å². The monoisotopic (exact) mass is 250 g/mol. The van der Waals surface area contributed by atoms with Crippen LogP contribution in [0.2, 0.25) is 5.15 Å². The molecule has 1 N–H and O–H groups in total. The summed E-state index contributed by atoms with van der Waals surface area (Å²) in [6.45, 7) is 3.46. The second kappa shape index (κ2) is 5.29. The molecule has 90 valence electrons. The first-order valence-corrected chi connectivity index (χ1v) is 5.84. The Morgan fingerprint density at radius 1 is 1.41 bits per heavy atom. The summed E-state index contributed by atoms with van der Waals surface area (Å²) in [5, 5.41) is 8.30.